The Hall–Kier alpha value is -2.01. The number of fused-ring (bicyclic) bond motifs is 3. The quantitative estimate of drug-likeness (QED) is 0.660. The molecule has 0 spiro atoms. The minimum absolute atomic E-state index is 0.0194. The molecule has 2 aliphatic heterocycles. The van der Waals surface area contributed by atoms with E-state index in [0.717, 1.165) is 23.2 Å². The standard InChI is InChI=1S/C23H22Cl2N2O2/c24-14-7-8-18(20(25)13-14)21-16-4-1-3-15(16)17-5-2-6-19(22(17)26-21)23(28)27-9-11-29-12-10-27/h1-3,5-8,13,15-16,21,26H,4,9-12H2/t15-,16+,21+/m1/s1. The average Bonchev–Trinajstić information content (AvgIpc) is 3.23. The zero-order valence-corrected chi connectivity index (χ0v) is 17.4. The molecule has 1 saturated heterocycles. The predicted octanol–water partition coefficient (Wildman–Crippen LogP) is 5.29. The molecule has 2 heterocycles. The summed E-state index contributed by atoms with van der Waals surface area (Å²) in [5.41, 5.74) is 3.85. The summed E-state index contributed by atoms with van der Waals surface area (Å²) in [5.74, 6) is 0.675. The third-order valence-electron chi connectivity index (χ3n) is 6.22. The maximum absolute atomic E-state index is 13.3. The molecule has 0 unspecified atom stereocenters. The summed E-state index contributed by atoms with van der Waals surface area (Å²) in [5, 5.41) is 4.97. The second kappa shape index (κ2) is 7.67. The van der Waals surface area contributed by atoms with E-state index < -0.39 is 0 Å². The number of halogens is 2. The summed E-state index contributed by atoms with van der Waals surface area (Å²) in [6.45, 7) is 2.43. The maximum Gasteiger partial charge on any atom is 0.256 e. The summed E-state index contributed by atoms with van der Waals surface area (Å²) in [7, 11) is 0. The molecule has 0 bridgehead atoms. The highest BCUT2D eigenvalue weighted by Gasteiger charge is 2.40. The number of morpholine rings is 1. The van der Waals surface area contributed by atoms with Gasteiger partial charge in [0.2, 0.25) is 0 Å². The fraction of sp³-hybridized carbons (Fsp3) is 0.348. The summed E-state index contributed by atoms with van der Waals surface area (Å²) >= 11 is 12.7. The number of amides is 1. The van der Waals surface area contributed by atoms with Crippen molar-refractivity contribution in [3.63, 3.8) is 0 Å². The van der Waals surface area contributed by atoms with Crippen molar-refractivity contribution >= 4 is 34.8 Å². The van der Waals surface area contributed by atoms with Crippen LogP contribution >= 0.6 is 23.2 Å². The van der Waals surface area contributed by atoms with Crippen molar-refractivity contribution in [3.05, 3.63) is 75.3 Å². The Morgan fingerprint density at radius 3 is 2.72 bits per heavy atom. The fourth-order valence-electron chi connectivity index (χ4n) is 4.80. The maximum atomic E-state index is 13.3. The Bertz CT molecular complexity index is 985. The van der Waals surface area contributed by atoms with E-state index in [9.17, 15) is 4.79 Å². The van der Waals surface area contributed by atoms with Gasteiger partial charge in [-0.2, -0.15) is 0 Å². The minimum Gasteiger partial charge on any atom is -0.378 e. The Kier molecular flexibility index (Phi) is 5.02. The van der Waals surface area contributed by atoms with Crippen LogP contribution in [0.4, 0.5) is 5.69 Å². The van der Waals surface area contributed by atoms with Crippen LogP contribution in [0.5, 0.6) is 0 Å². The molecule has 2 aromatic carbocycles. The second-order valence-electron chi connectivity index (χ2n) is 7.82. The van der Waals surface area contributed by atoms with E-state index in [4.69, 9.17) is 27.9 Å². The highest BCUT2D eigenvalue weighted by Crippen LogP contribution is 2.51. The van der Waals surface area contributed by atoms with Gasteiger partial charge in [-0.3, -0.25) is 4.79 Å². The average molecular weight is 429 g/mol. The molecule has 0 aromatic heterocycles. The van der Waals surface area contributed by atoms with Gasteiger partial charge in [-0.1, -0.05) is 53.6 Å². The lowest BCUT2D eigenvalue weighted by atomic mass is 9.76. The summed E-state index contributed by atoms with van der Waals surface area (Å²) in [6, 6.07) is 11.7. The van der Waals surface area contributed by atoms with E-state index in [1.165, 1.54) is 5.56 Å². The van der Waals surface area contributed by atoms with Crippen LogP contribution in [0.25, 0.3) is 0 Å². The van der Waals surface area contributed by atoms with Gasteiger partial charge in [-0.25, -0.2) is 0 Å². The van der Waals surface area contributed by atoms with Gasteiger partial charge in [0.25, 0.3) is 5.91 Å². The number of carbonyl (C=O) groups is 1. The second-order valence-corrected chi connectivity index (χ2v) is 8.66. The Labute approximate surface area is 180 Å². The molecule has 1 amide bonds. The molecule has 3 atom stereocenters. The number of hydrogen-bond donors (Lipinski definition) is 1. The summed E-state index contributed by atoms with van der Waals surface area (Å²) in [4.78, 5) is 15.2. The van der Waals surface area contributed by atoms with Gasteiger partial charge in [0.05, 0.1) is 30.5 Å². The molecule has 4 nitrogen and oxygen atoms in total. The van der Waals surface area contributed by atoms with E-state index in [2.05, 4.69) is 23.5 Å². The number of carbonyl (C=O) groups excluding carboxylic acids is 1. The number of rotatable bonds is 2. The molecule has 6 heteroatoms. The largest absolute Gasteiger partial charge is 0.378 e. The van der Waals surface area contributed by atoms with E-state index in [-0.39, 0.29) is 17.9 Å². The van der Waals surface area contributed by atoms with E-state index in [1.54, 1.807) is 6.07 Å². The number of benzene rings is 2. The van der Waals surface area contributed by atoms with Crippen LogP contribution < -0.4 is 5.32 Å². The first-order valence-corrected chi connectivity index (χ1v) is 10.8. The van der Waals surface area contributed by atoms with Crippen molar-refractivity contribution in [2.75, 3.05) is 31.6 Å². The first kappa shape index (κ1) is 19.0. The Balaban J connectivity index is 1.57. The van der Waals surface area contributed by atoms with Crippen molar-refractivity contribution in [1.29, 1.82) is 0 Å². The number of nitrogens with one attached hydrogen (secondary N) is 1. The van der Waals surface area contributed by atoms with E-state index in [0.29, 0.717) is 42.3 Å². The van der Waals surface area contributed by atoms with Crippen LogP contribution in [0.15, 0.2) is 48.6 Å². The molecule has 0 radical (unpaired) electrons. The Morgan fingerprint density at radius 2 is 1.93 bits per heavy atom. The van der Waals surface area contributed by atoms with E-state index in [1.807, 2.05) is 29.2 Å². The lowest BCUT2D eigenvalue weighted by molar-refractivity contribution is 0.0303. The lowest BCUT2D eigenvalue weighted by Crippen LogP contribution is -2.41. The zero-order valence-electron chi connectivity index (χ0n) is 15.9. The molecule has 2 aromatic rings. The number of ether oxygens (including phenoxy) is 1. The topological polar surface area (TPSA) is 41.6 Å². The zero-order chi connectivity index (χ0) is 20.0. The molecule has 0 saturated carbocycles. The highest BCUT2D eigenvalue weighted by molar-refractivity contribution is 6.35. The highest BCUT2D eigenvalue weighted by atomic mass is 35.5. The Morgan fingerprint density at radius 1 is 1.10 bits per heavy atom. The predicted molar refractivity (Wildman–Crippen MR) is 116 cm³/mol. The molecule has 150 valence electrons. The SMILES string of the molecule is O=C(c1cccc2c1N[C@H](c1ccc(Cl)cc1Cl)[C@H]1CC=C[C@@H]21)N1CCOCC1. The van der Waals surface area contributed by atoms with Gasteiger partial charge in [0.15, 0.2) is 0 Å². The van der Waals surface area contributed by atoms with Crippen LogP contribution in [-0.2, 0) is 4.74 Å². The van der Waals surface area contributed by atoms with Crippen LogP contribution in [0.2, 0.25) is 10.0 Å². The van der Waals surface area contributed by atoms with Crippen molar-refractivity contribution in [2.24, 2.45) is 5.92 Å². The van der Waals surface area contributed by atoms with Crippen LogP contribution in [0.3, 0.4) is 0 Å². The van der Waals surface area contributed by atoms with Crippen LogP contribution in [0, 0.1) is 5.92 Å². The molecule has 29 heavy (non-hydrogen) atoms. The van der Waals surface area contributed by atoms with Gasteiger partial charge in [0.1, 0.15) is 0 Å². The van der Waals surface area contributed by atoms with E-state index >= 15 is 0 Å². The van der Waals surface area contributed by atoms with Crippen LogP contribution in [-0.4, -0.2) is 37.1 Å². The molecule has 1 N–H and O–H groups in total. The monoisotopic (exact) mass is 428 g/mol. The number of para-hydroxylation sites is 1. The third-order valence-corrected chi connectivity index (χ3v) is 6.79. The van der Waals surface area contributed by atoms with Gasteiger partial charge >= 0.3 is 0 Å². The number of hydrogen-bond acceptors (Lipinski definition) is 3. The molecular formula is C23H22Cl2N2O2. The van der Waals surface area contributed by atoms with Crippen molar-refractivity contribution in [3.8, 4) is 0 Å². The molecule has 1 aliphatic carbocycles. The van der Waals surface area contributed by atoms with Gasteiger partial charge in [0, 0.05) is 29.1 Å². The minimum atomic E-state index is 0.0194. The number of allylic oxidation sites excluding steroid dienone is 2. The summed E-state index contributed by atoms with van der Waals surface area (Å²) < 4.78 is 5.41. The number of anilines is 1. The first-order chi connectivity index (χ1) is 14.1. The van der Waals surface area contributed by atoms with Crippen LogP contribution in [0.1, 0.15) is 39.9 Å². The molecule has 1 fully saturated rings. The van der Waals surface area contributed by atoms with Crippen molar-refractivity contribution in [1.82, 2.24) is 4.90 Å². The van der Waals surface area contributed by atoms with Crippen molar-refractivity contribution < 1.29 is 9.53 Å². The first-order valence-electron chi connectivity index (χ1n) is 10.0. The van der Waals surface area contributed by atoms with Gasteiger partial charge < -0.3 is 15.0 Å². The molecule has 3 aliphatic rings. The number of nitrogens with zero attached hydrogens (tertiary/aromatic N) is 1. The van der Waals surface area contributed by atoms with Gasteiger partial charge in [-0.05, 0) is 41.7 Å². The van der Waals surface area contributed by atoms with Gasteiger partial charge in [-0.15, -0.1) is 0 Å². The molecule has 5 rings (SSSR count). The van der Waals surface area contributed by atoms with Crippen molar-refractivity contribution in [2.45, 2.75) is 18.4 Å². The molecular weight excluding hydrogens is 407 g/mol. The lowest BCUT2D eigenvalue weighted by Gasteiger charge is -2.39. The summed E-state index contributed by atoms with van der Waals surface area (Å²) in [6.07, 6.45) is 5.48. The fourth-order valence-corrected chi connectivity index (χ4v) is 5.32. The third kappa shape index (κ3) is 3.33. The smallest absolute Gasteiger partial charge is 0.256 e. The normalized spacial score (nSPS) is 25.3.